The molecule has 1 aromatic carbocycles. The Balaban J connectivity index is 1.74. The van der Waals surface area contributed by atoms with E-state index in [0.717, 1.165) is 23.2 Å². The molecule has 0 aliphatic carbocycles. The summed E-state index contributed by atoms with van der Waals surface area (Å²) in [5.41, 5.74) is 2.15. The summed E-state index contributed by atoms with van der Waals surface area (Å²) in [7, 11) is 0. The lowest BCUT2D eigenvalue weighted by atomic mass is 9.72. The Morgan fingerprint density at radius 1 is 1.36 bits per heavy atom. The third kappa shape index (κ3) is 4.28. The molecule has 2 N–H and O–H groups in total. The third-order valence-corrected chi connectivity index (χ3v) is 5.86. The smallest absolute Gasteiger partial charge is 0.313 e. The van der Waals surface area contributed by atoms with Crippen LogP contribution in [0.2, 0.25) is 0 Å². The van der Waals surface area contributed by atoms with Crippen molar-refractivity contribution in [1.29, 1.82) is 0 Å². The van der Waals surface area contributed by atoms with Crippen molar-refractivity contribution in [3.8, 4) is 5.69 Å². The molecule has 2 heterocycles. The highest BCUT2D eigenvalue weighted by atomic mass is 16.4. The number of carbonyl (C=O) groups is 1. The van der Waals surface area contributed by atoms with Crippen LogP contribution in [0.1, 0.15) is 44.2 Å². The van der Waals surface area contributed by atoms with Crippen LogP contribution in [0.25, 0.3) is 5.69 Å². The van der Waals surface area contributed by atoms with Gasteiger partial charge in [0.1, 0.15) is 5.41 Å². The Morgan fingerprint density at radius 2 is 2.11 bits per heavy atom. The van der Waals surface area contributed by atoms with Gasteiger partial charge in [-0.3, -0.25) is 9.69 Å². The number of aromatic nitrogens is 2. The number of para-hydroxylation sites is 1. The van der Waals surface area contributed by atoms with Crippen molar-refractivity contribution in [2.24, 2.45) is 11.3 Å². The number of rotatable bonds is 7. The van der Waals surface area contributed by atoms with E-state index in [1.54, 1.807) is 0 Å². The monoisotopic (exact) mass is 385 g/mol. The third-order valence-electron chi connectivity index (χ3n) is 5.86. The molecule has 0 bridgehead atoms. The zero-order chi connectivity index (χ0) is 20.3. The van der Waals surface area contributed by atoms with E-state index in [-0.39, 0.29) is 0 Å². The standard InChI is InChI=1S/C22H31N3O3/c1-16(2)8-10-22(21(27)28)15-24(11-9-20(22)26)13-18-12-23-25(14-18)19-7-5-4-6-17(19)3/h4-7,12,14,16,20,26H,8-11,13,15H2,1-3H3,(H,27,28)/t20-,22+/m0/s1. The SMILES string of the molecule is Cc1ccccc1-n1cc(CN2CC[C@H](O)[C@](CCC(C)C)(C(=O)O)C2)cn1. The molecule has 1 saturated heterocycles. The van der Waals surface area contributed by atoms with Crippen molar-refractivity contribution in [3.05, 3.63) is 47.8 Å². The molecule has 0 spiro atoms. The van der Waals surface area contributed by atoms with E-state index in [1.165, 1.54) is 0 Å². The maximum absolute atomic E-state index is 12.1. The highest BCUT2D eigenvalue weighted by molar-refractivity contribution is 5.76. The van der Waals surface area contributed by atoms with Gasteiger partial charge in [-0.15, -0.1) is 0 Å². The molecule has 2 atom stereocenters. The van der Waals surface area contributed by atoms with E-state index in [0.29, 0.717) is 38.4 Å². The summed E-state index contributed by atoms with van der Waals surface area (Å²) in [4.78, 5) is 14.3. The van der Waals surface area contributed by atoms with Crippen LogP contribution in [0.4, 0.5) is 0 Å². The van der Waals surface area contributed by atoms with Crippen LogP contribution in [0.3, 0.4) is 0 Å². The molecule has 2 aromatic rings. The number of likely N-dealkylation sites (tertiary alicyclic amines) is 1. The molecular weight excluding hydrogens is 354 g/mol. The van der Waals surface area contributed by atoms with Gasteiger partial charge in [-0.25, -0.2) is 4.68 Å². The minimum Gasteiger partial charge on any atom is -0.481 e. The second-order valence-electron chi connectivity index (χ2n) is 8.49. The molecule has 3 rings (SSSR count). The molecule has 1 aromatic heterocycles. The fourth-order valence-corrected chi connectivity index (χ4v) is 4.06. The van der Waals surface area contributed by atoms with Gasteiger partial charge in [0.05, 0.1) is 18.0 Å². The Labute approximate surface area is 166 Å². The molecule has 28 heavy (non-hydrogen) atoms. The molecule has 6 nitrogen and oxygen atoms in total. The lowest BCUT2D eigenvalue weighted by molar-refractivity contribution is -0.165. The predicted octanol–water partition coefficient (Wildman–Crippen LogP) is 3.25. The number of piperidine rings is 1. The molecule has 6 heteroatoms. The van der Waals surface area contributed by atoms with Crippen molar-refractivity contribution >= 4 is 5.97 Å². The van der Waals surface area contributed by atoms with Gasteiger partial charge in [0, 0.05) is 31.4 Å². The van der Waals surface area contributed by atoms with Gasteiger partial charge in [0.15, 0.2) is 0 Å². The van der Waals surface area contributed by atoms with Crippen LogP contribution in [-0.2, 0) is 11.3 Å². The second kappa shape index (κ2) is 8.45. The first-order valence-electron chi connectivity index (χ1n) is 10.0. The number of aliphatic hydroxyl groups is 1. The van der Waals surface area contributed by atoms with Crippen molar-refractivity contribution in [3.63, 3.8) is 0 Å². The number of carboxylic acids is 1. The number of nitrogens with zero attached hydrogens (tertiary/aromatic N) is 3. The van der Waals surface area contributed by atoms with Crippen LogP contribution in [0.15, 0.2) is 36.7 Å². The van der Waals surface area contributed by atoms with E-state index in [1.807, 2.05) is 35.3 Å². The van der Waals surface area contributed by atoms with Gasteiger partial charge in [0.2, 0.25) is 0 Å². The summed E-state index contributed by atoms with van der Waals surface area (Å²) in [5, 5.41) is 25.0. The van der Waals surface area contributed by atoms with E-state index in [4.69, 9.17) is 0 Å². The fourth-order valence-electron chi connectivity index (χ4n) is 4.06. The van der Waals surface area contributed by atoms with Gasteiger partial charge >= 0.3 is 5.97 Å². The first-order valence-corrected chi connectivity index (χ1v) is 10.0. The minimum atomic E-state index is -1.09. The van der Waals surface area contributed by atoms with Gasteiger partial charge < -0.3 is 10.2 Å². The van der Waals surface area contributed by atoms with Crippen LogP contribution < -0.4 is 0 Å². The minimum absolute atomic E-state index is 0.367. The van der Waals surface area contributed by atoms with Crippen molar-refractivity contribution in [1.82, 2.24) is 14.7 Å². The molecule has 0 amide bonds. The summed E-state index contributed by atoms with van der Waals surface area (Å²) in [5.74, 6) is -0.480. The molecular formula is C22H31N3O3. The molecule has 1 aliphatic heterocycles. The maximum Gasteiger partial charge on any atom is 0.313 e. The maximum atomic E-state index is 12.1. The van der Waals surface area contributed by atoms with Gasteiger partial charge in [-0.1, -0.05) is 32.0 Å². The Kier molecular flexibility index (Phi) is 6.20. The Morgan fingerprint density at radius 3 is 2.79 bits per heavy atom. The van der Waals surface area contributed by atoms with Gasteiger partial charge in [0.25, 0.3) is 0 Å². The molecule has 0 saturated carbocycles. The van der Waals surface area contributed by atoms with Crippen molar-refractivity contribution < 1.29 is 15.0 Å². The summed E-state index contributed by atoms with van der Waals surface area (Å²) >= 11 is 0. The highest BCUT2D eigenvalue weighted by Gasteiger charge is 2.48. The molecule has 1 aliphatic rings. The van der Waals surface area contributed by atoms with Crippen LogP contribution >= 0.6 is 0 Å². The number of aliphatic carboxylic acids is 1. The molecule has 1 fully saturated rings. The number of carboxylic acid groups (broad SMARTS) is 1. The van der Waals surface area contributed by atoms with Gasteiger partial charge in [-0.2, -0.15) is 5.10 Å². The lowest BCUT2D eigenvalue weighted by Gasteiger charge is -2.43. The normalized spacial score (nSPS) is 23.2. The quantitative estimate of drug-likeness (QED) is 0.765. The zero-order valence-electron chi connectivity index (χ0n) is 17.0. The number of hydrogen-bond acceptors (Lipinski definition) is 4. The van der Waals surface area contributed by atoms with E-state index < -0.39 is 17.5 Å². The zero-order valence-corrected chi connectivity index (χ0v) is 17.0. The van der Waals surface area contributed by atoms with Crippen LogP contribution in [-0.4, -0.2) is 50.1 Å². The van der Waals surface area contributed by atoms with Gasteiger partial charge in [-0.05, 0) is 43.7 Å². The number of aryl methyl sites for hydroxylation is 1. The van der Waals surface area contributed by atoms with Crippen molar-refractivity contribution in [2.75, 3.05) is 13.1 Å². The second-order valence-corrected chi connectivity index (χ2v) is 8.49. The first-order chi connectivity index (χ1) is 13.3. The van der Waals surface area contributed by atoms with E-state index in [9.17, 15) is 15.0 Å². The average Bonchev–Trinajstić information content (AvgIpc) is 3.10. The topological polar surface area (TPSA) is 78.6 Å². The average molecular weight is 386 g/mol. The molecule has 0 unspecified atom stereocenters. The Bertz CT molecular complexity index is 817. The summed E-state index contributed by atoms with van der Waals surface area (Å²) in [6.45, 7) is 7.91. The van der Waals surface area contributed by atoms with E-state index >= 15 is 0 Å². The van der Waals surface area contributed by atoms with Crippen LogP contribution in [0.5, 0.6) is 0 Å². The largest absolute Gasteiger partial charge is 0.481 e. The lowest BCUT2D eigenvalue weighted by Crippen LogP contribution is -2.55. The van der Waals surface area contributed by atoms with Crippen LogP contribution in [0, 0.1) is 18.3 Å². The summed E-state index contributed by atoms with van der Waals surface area (Å²) in [6.07, 6.45) is 4.83. The van der Waals surface area contributed by atoms with Crippen molar-refractivity contribution in [2.45, 2.75) is 52.7 Å². The molecule has 152 valence electrons. The Hall–Kier alpha value is -2.18. The summed E-state index contributed by atoms with van der Waals surface area (Å²) < 4.78 is 1.87. The molecule has 0 radical (unpaired) electrons. The number of benzene rings is 1. The van der Waals surface area contributed by atoms with E-state index in [2.05, 4.69) is 36.8 Å². The summed E-state index contributed by atoms with van der Waals surface area (Å²) in [6, 6.07) is 8.08. The predicted molar refractivity (Wildman–Crippen MR) is 108 cm³/mol. The number of aliphatic hydroxyl groups excluding tert-OH is 1. The number of hydrogen-bond donors (Lipinski definition) is 2. The first kappa shape index (κ1) is 20.6. The highest BCUT2D eigenvalue weighted by Crippen LogP contribution is 2.37. The fraction of sp³-hybridized carbons (Fsp3) is 0.545.